The Hall–Kier alpha value is -1.83. The lowest BCUT2D eigenvalue weighted by molar-refractivity contribution is -0.160. The highest BCUT2D eigenvalue weighted by Gasteiger charge is 2.44. The zero-order valence-electron chi connectivity index (χ0n) is 11.1. The van der Waals surface area contributed by atoms with Crippen LogP contribution in [0.4, 0.5) is 4.79 Å². The van der Waals surface area contributed by atoms with Crippen LogP contribution in [0.5, 0.6) is 0 Å². The highest BCUT2D eigenvalue weighted by Crippen LogP contribution is 2.25. The van der Waals surface area contributed by atoms with Crippen LogP contribution in [0, 0.1) is 0 Å². The van der Waals surface area contributed by atoms with Gasteiger partial charge in [0.05, 0.1) is 13.1 Å². The fourth-order valence-corrected chi connectivity index (χ4v) is 1.93. The van der Waals surface area contributed by atoms with Crippen molar-refractivity contribution in [2.75, 3.05) is 32.8 Å². The highest BCUT2D eigenvalue weighted by atomic mass is 16.5. The van der Waals surface area contributed by atoms with Crippen molar-refractivity contribution in [2.24, 2.45) is 5.73 Å². The number of carboxylic acids is 1. The smallest absolute Gasteiger partial charge is 0.329 e. The van der Waals surface area contributed by atoms with E-state index in [1.807, 2.05) is 0 Å². The third-order valence-corrected chi connectivity index (χ3v) is 2.86. The number of hydrogen-bond donors (Lipinski definition) is 2. The zero-order chi connectivity index (χ0) is 14.6. The number of amides is 3. The number of likely N-dealkylation sites (tertiary alicyclic amines) is 1. The van der Waals surface area contributed by atoms with Gasteiger partial charge in [0.2, 0.25) is 5.91 Å². The number of carbonyl (C=O) groups is 3. The predicted molar refractivity (Wildman–Crippen MR) is 65.4 cm³/mol. The van der Waals surface area contributed by atoms with Gasteiger partial charge in [-0.25, -0.2) is 9.59 Å². The number of nitrogens with zero attached hydrogens (tertiary/aromatic N) is 2. The summed E-state index contributed by atoms with van der Waals surface area (Å²) in [6.07, 6.45) is 0. The van der Waals surface area contributed by atoms with Crippen molar-refractivity contribution in [1.82, 2.24) is 9.80 Å². The lowest BCUT2D eigenvalue weighted by atomic mass is 9.97. The molecule has 0 atom stereocenters. The van der Waals surface area contributed by atoms with Crippen LogP contribution >= 0.6 is 0 Å². The number of urea groups is 1. The second-order valence-electron chi connectivity index (χ2n) is 4.75. The standard InChI is InChI=1S/C11H19N3O5/c1-3-13(4-8(12)15)10(18)14-6-11(2,7-14)19-5-9(16)17/h3-7H2,1-2H3,(H2,12,15)(H,16,17). The molecule has 0 radical (unpaired) electrons. The van der Waals surface area contributed by atoms with Gasteiger partial charge in [-0.1, -0.05) is 0 Å². The normalized spacial score (nSPS) is 16.6. The second kappa shape index (κ2) is 5.87. The zero-order valence-corrected chi connectivity index (χ0v) is 11.1. The molecule has 0 aliphatic carbocycles. The van der Waals surface area contributed by atoms with Crippen LogP contribution in [0.15, 0.2) is 0 Å². The second-order valence-corrected chi connectivity index (χ2v) is 4.75. The number of aliphatic carboxylic acids is 1. The number of primary amides is 1. The molecule has 0 unspecified atom stereocenters. The topological polar surface area (TPSA) is 113 Å². The van der Waals surface area contributed by atoms with Crippen LogP contribution < -0.4 is 5.73 Å². The summed E-state index contributed by atoms with van der Waals surface area (Å²) in [7, 11) is 0. The van der Waals surface area contributed by atoms with E-state index in [4.69, 9.17) is 15.6 Å². The van der Waals surface area contributed by atoms with Gasteiger partial charge in [-0.3, -0.25) is 4.79 Å². The maximum Gasteiger partial charge on any atom is 0.329 e. The molecular formula is C11H19N3O5. The first-order chi connectivity index (χ1) is 8.77. The lowest BCUT2D eigenvalue weighted by Crippen LogP contribution is -2.66. The van der Waals surface area contributed by atoms with E-state index in [0.29, 0.717) is 19.6 Å². The minimum atomic E-state index is -1.05. The van der Waals surface area contributed by atoms with Gasteiger partial charge in [0.1, 0.15) is 18.8 Å². The minimum Gasteiger partial charge on any atom is -0.480 e. The molecule has 0 aromatic heterocycles. The van der Waals surface area contributed by atoms with Crippen molar-refractivity contribution in [3.05, 3.63) is 0 Å². The van der Waals surface area contributed by atoms with Crippen LogP contribution in [0.3, 0.4) is 0 Å². The third-order valence-electron chi connectivity index (χ3n) is 2.86. The Balaban J connectivity index is 2.45. The molecule has 0 spiro atoms. The number of nitrogens with two attached hydrogens (primary N) is 1. The number of carboxylic acid groups (broad SMARTS) is 1. The van der Waals surface area contributed by atoms with Gasteiger partial charge < -0.3 is 25.4 Å². The highest BCUT2D eigenvalue weighted by molar-refractivity contribution is 5.83. The Kier molecular flexibility index (Phi) is 4.71. The van der Waals surface area contributed by atoms with Gasteiger partial charge in [0.25, 0.3) is 0 Å². The van der Waals surface area contributed by atoms with Crippen molar-refractivity contribution < 1.29 is 24.2 Å². The molecule has 0 saturated carbocycles. The van der Waals surface area contributed by atoms with Crippen LogP contribution in [-0.4, -0.2) is 71.2 Å². The average molecular weight is 273 g/mol. The molecule has 1 fully saturated rings. The van der Waals surface area contributed by atoms with E-state index in [2.05, 4.69) is 0 Å². The molecule has 108 valence electrons. The van der Waals surface area contributed by atoms with Gasteiger partial charge in [-0.2, -0.15) is 0 Å². The van der Waals surface area contributed by atoms with Crippen molar-refractivity contribution in [3.8, 4) is 0 Å². The van der Waals surface area contributed by atoms with Crippen molar-refractivity contribution in [1.29, 1.82) is 0 Å². The summed E-state index contributed by atoms with van der Waals surface area (Å²) in [6.45, 7) is 3.95. The molecule has 0 aromatic carbocycles. The molecular weight excluding hydrogens is 254 g/mol. The summed E-state index contributed by atoms with van der Waals surface area (Å²) in [4.78, 5) is 36.1. The maximum absolute atomic E-state index is 12.0. The summed E-state index contributed by atoms with van der Waals surface area (Å²) in [5, 5.41) is 8.53. The largest absolute Gasteiger partial charge is 0.480 e. The van der Waals surface area contributed by atoms with Crippen LogP contribution in [-0.2, 0) is 14.3 Å². The number of carbonyl (C=O) groups excluding carboxylic acids is 2. The molecule has 3 N–H and O–H groups in total. The molecule has 0 bridgehead atoms. The van der Waals surface area contributed by atoms with E-state index in [-0.39, 0.29) is 12.6 Å². The first-order valence-electron chi connectivity index (χ1n) is 5.95. The van der Waals surface area contributed by atoms with Crippen LogP contribution in [0.2, 0.25) is 0 Å². The number of rotatable bonds is 6. The molecule has 8 heteroatoms. The Morgan fingerprint density at radius 3 is 2.42 bits per heavy atom. The van der Waals surface area contributed by atoms with Gasteiger partial charge in [0.15, 0.2) is 0 Å². The van der Waals surface area contributed by atoms with E-state index in [1.54, 1.807) is 13.8 Å². The number of ether oxygens (including phenoxy) is 1. The summed E-state index contributed by atoms with van der Waals surface area (Å²) >= 11 is 0. The molecule has 1 aliphatic rings. The van der Waals surface area contributed by atoms with Crippen molar-refractivity contribution in [3.63, 3.8) is 0 Å². The number of likely N-dealkylation sites (N-methyl/N-ethyl adjacent to an activating group) is 1. The molecule has 1 heterocycles. The van der Waals surface area contributed by atoms with Crippen molar-refractivity contribution in [2.45, 2.75) is 19.4 Å². The Morgan fingerprint density at radius 1 is 1.42 bits per heavy atom. The quantitative estimate of drug-likeness (QED) is 0.650. The van der Waals surface area contributed by atoms with Crippen LogP contribution in [0.25, 0.3) is 0 Å². The van der Waals surface area contributed by atoms with Crippen LogP contribution in [0.1, 0.15) is 13.8 Å². The van der Waals surface area contributed by atoms with Gasteiger partial charge in [-0.15, -0.1) is 0 Å². The SMILES string of the molecule is CCN(CC(N)=O)C(=O)N1CC(C)(OCC(=O)O)C1. The summed E-state index contributed by atoms with van der Waals surface area (Å²) in [6, 6.07) is -0.294. The van der Waals surface area contributed by atoms with Gasteiger partial charge in [-0.05, 0) is 13.8 Å². The average Bonchev–Trinajstić information content (AvgIpc) is 2.28. The molecule has 1 aliphatic heterocycles. The van der Waals surface area contributed by atoms with Gasteiger partial charge >= 0.3 is 12.0 Å². The third kappa shape index (κ3) is 4.09. The number of hydrogen-bond acceptors (Lipinski definition) is 4. The molecule has 1 rings (SSSR count). The Labute approximate surface area is 111 Å². The maximum atomic E-state index is 12.0. The monoisotopic (exact) mass is 273 g/mol. The van der Waals surface area contributed by atoms with E-state index in [1.165, 1.54) is 9.80 Å². The summed E-state index contributed by atoms with van der Waals surface area (Å²) in [5.41, 5.74) is 4.42. The summed E-state index contributed by atoms with van der Waals surface area (Å²) in [5.74, 6) is -1.62. The van der Waals surface area contributed by atoms with Crippen molar-refractivity contribution >= 4 is 17.9 Å². The van der Waals surface area contributed by atoms with E-state index >= 15 is 0 Å². The van der Waals surface area contributed by atoms with E-state index < -0.39 is 24.1 Å². The first kappa shape index (κ1) is 15.2. The molecule has 8 nitrogen and oxygen atoms in total. The molecule has 3 amide bonds. The van der Waals surface area contributed by atoms with E-state index in [9.17, 15) is 14.4 Å². The molecule has 19 heavy (non-hydrogen) atoms. The van der Waals surface area contributed by atoms with E-state index in [0.717, 1.165) is 0 Å². The summed E-state index contributed by atoms with van der Waals surface area (Å²) < 4.78 is 5.20. The molecule has 0 aromatic rings. The minimum absolute atomic E-state index is 0.126. The predicted octanol–water partition coefficient (Wildman–Crippen LogP) is -0.911. The Bertz CT molecular complexity index is 379. The Morgan fingerprint density at radius 2 is 2.00 bits per heavy atom. The first-order valence-corrected chi connectivity index (χ1v) is 5.95. The fourth-order valence-electron chi connectivity index (χ4n) is 1.93. The molecule has 1 saturated heterocycles. The van der Waals surface area contributed by atoms with Gasteiger partial charge in [0, 0.05) is 6.54 Å². The fraction of sp³-hybridized carbons (Fsp3) is 0.727. The lowest BCUT2D eigenvalue weighted by Gasteiger charge is -2.48.